The van der Waals surface area contributed by atoms with E-state index in [1.165, 1.54) is 18.2 Å². The number of halogens is 1. The fourth-order valence-electron chi connectivity index (χ4n) is 2.80. The lowest BCUT2D eigenvalue weighted by molar-refractivity contribution is -0.384. The molecule has 0 aromatic heterocycles. The maximum atomic E-state index is 12.1. The number of hydrogen-bond acceptors (Lipinski definition) is 5. The van der Waals surface area contributed by atoms with Gasteiger partial charge in [0, 0.05) is 30.7 Å². The van der Waals surface area contributed by atoms with E-state index in [1.807, 2.05) is 11.8 Å². The smallest absolute Gasteiger partial charge is 0.271 e. The van der Waals surface area contributed by atoms with Crippen molar-refractivity contribution >= 4 is 28.9 Å². The Morgan fingerprint density at radius 2 is 2.30 bits per heavy atom. The Balaban J connectivity index is 1.96. The number of hydrogen-bond donors (Lipinski definition) is 2. The van der Waals surface area contributed by atoms with E-state index in [0.717, 1.165) is 19.4 Å². The molecule has 1 saturated heterocycles. The number of likely N-dealkylation sites (tertiary alicyclic amines) is 1. The number of aliphatic hydroxyl groups excluding tert-OH is 1. The molecule has 0 aliphatic carbocycles. The van der Waals surface area contributed by atoms with E-state index >= 15 is 0 Å². The average Bonchev–Trinajstić information content (AvgIpc) is 2.49. The summed E-state index contributed by atoms with van der Waals surface area (Å²) in [6, 6.07) is 3.93. The van der Waals surface area contributed by atoms with Gasteiger partial charge in [0.05, 0.1) is 22.2 Å². The van der Waals surface area contributed by atoms with Crippen molar-refractivity contribution in [2.45, 2.75) is 19.8 Å². The van der Waals surface area contributed by atoms with Crippen LogP contribution in [-0.2, 0) is 4.79 Å². The molecule has 2 rings (SSSR count). The third kappa shape index (κ3) is 4.63. The Labute approximate surface area is 139 Å². The number of carbonyl (C=O) groups is 1. The Bertz CT molecular complexity index is 610. The van der Waals surface area contributed by atoms with Gasteiger partial charge in [0.2, 0.25) is 5.91 Å². The highest BCUT2D eigenvalue weighted by Gasteiger charge is 2.31. The van der Waals surface area contributed by atoms with Crippen LogP contribution in [0, 0.1) is 15.5 Å². The second kappa shape index (κ2) is 7.25. The molecule has 2 N–H and O–H groups in total. The molecular weight excluding hydrogens is 322 g/mol. The molecule has 23 heavy (non-hydrogen) atoms. The molecule has 1 aliphatic heterocycles. The summed E-state index contributed by atoms with van der Waals surface area (Å²) in [4.78, 5) is 24.3. The zero-order valence-electron chi connectivity index (χ0n) is 12.9. The molecule has 126 valence electrons. The van der Waals surface area contributed by atoms with E-state index in [2.05, 4.69) is 5.32 Å². The van der Waals surface area contributed by atoms with Gasteiger partial charge >= 0.3 is 0 Å². The first kappa shape index (κ1) is 17.7. The maximum Gasteiger partial charge on any atom is 0.271 e. The molecule has 1 heterocycles. The lowest BCUT2D eigenvalue weighted by atomic mass is 9.83. The summed E-state index contributed by atoms with van der Waals surface area (Å²) in [5, 5.41) is 22.9. The Kier molecular flexibility index (Phi) is 5.56. The van der Waals surface area contributed by atoms with Crippen LogP contribution in [0.3, 0.4) is 0 Å². The number of non-ortho nitro benzene ring substituents is 1. The molecular formula is C15H20ClN3O4. The number of amides is 1. The van der Waals surface area contributed by atoms with Crippen molar-refractivity contribution in [1.82, 2.24) is 4.90 Å². The van der Waals surface area contributed by atoms with E-state index in [0.29, 0.717) is 12.2 Å². The number of nitrogens with zero attached hydrogens (tertiary/aromatic N) is 2. The van der Waals surface area contributed by atoms with Crippen LogP contribution in [0.5, 0.6) is 0 Å². The summed E-state index contributed by atoms with van der Waals surface area (Å²) < 4.78 is 0. The van der Waals surface area contributed by atoms with E-state index in [4.69, 9.17) is 11.6 Å². The van der Waals surface area contributed by atoms with Crippen molar-refractivity contribution in [2.75, 3.05) is 31.6 Å². The van der Waals surface area contributed by atoms with Gasteiger partial charge in [-0.3, -0.25) is 19.8 Å². The van der Waals surface area contributed by atoms with Gasteiger partial charge in [-0.15, -0.1) is 0 Å². The quantitative estimate of drug-likeness (QED) is 0.632. The minimum atomic E-state index is -0.541. The van der Waals surface area contributed by atoms with Crippen molar-refractivity contribution < 1.29 is 14.8 Å². The maximum absolute atomic E-state index is 12.1. The summed E-state index contributed by atoms with van der Waals surface area (Å²) in [5.41, 5.74) is 0.0516. The summed E-state index contributed by atoms with van der Waals surface area (Å²) in [6.45, 7) is 3.76. The summed E-state index contributed by atoms with van der Waals surface area (Å²) in [6.07, 6.45) is 1.87. The molecule has 7 nitrogen and oxygen atoms in total. The summed E-state index contributed by atoms with van der Waals surface area (Å²) >= 11 is 5.96. The van der Waals surface area contributed by atoms with Crippen LogP contribution in [0.25, 0.3) is 0 Å². The highest BCUT2D eigenvalue weighted by Crippen LogP contribution is 2.29. The Morgan fingerprint density at radius 3 is 2.91 bits per heavy atom. The normalized spacial score (nSPS) is 21.9. The fraction of sp³-hybridized carbons (Fsp3) is 0.533. The second-order valence-electron chi connectivity index (χ2n) is 6.25. The summed E-state index contributed by atoms with van der Waals surface area (Å²) in [5.74, 6) is -0.233. The monoisotopic (exact) mass is 341 g/mol. The van der Waals surface area contributed by atoms with Gasteiger partial charge < -0.3 is 10.4 Å². The van der Waals surface area contributed by atoms with E-state index in [-0.39, 0.29) is 35.2 Å². The topological polar surface area (TPSA) is 95.7 Å². The second-order valence-corrected chi connectivity index (χ2v) is 6.66. The number of aliphatic hydroxyl groups is 1. The minimum absolute atomic E-state index is 0.0965. The van der Waals surface area contributed by atoms with Crippen molar-refractivity contribution in [3.8, 4) is 0 Å². The lowest BCUT2D eigenvalue weighted by Gasteiger charge is -2.38. The zero-order chi connectivity index (χ0) is 17.0. The third-order valence-corrected chi connectivity index (χ3v) is 4.36. The number of rotatable bonds is 5. The van der Waals surface area contributed by atoms with Gasteiger partial charge in [-0.25, -0.2) is 0 Å². The molecule has 1 aromatic rings. The first-order valence-electron chi connectivity index (χ1n) is 7.40. The predicted molar refractivity (Wildman–Crippen MR) is 87.6 cm³/mol. The predicted octanol–water partition coefficient (Wildman–Crippen LogP) is 2.28. The Hall–Kier alpha value is -1.70. The molecule has 1 aliphatic rings. The van der Waals surface area contributed by atoms with Crippen LogP contribution in [0.1, 0.15) is 19.8 Å². The van der Waals surface area contributed by atoms with Crippen LogP contribution in [0.2, 0.25) is 5.02 Å². The van der Waals surface area contributed by atoms with Gasteiger partial charge in [-0.05, 0) is 25.5 Å². The fourth-order valence-corrected chi connectivity index (χ4v) is 3.03. The van der Waals surface area contributed by atoms with Gasteiger partial charge in [0.25, 0.3) is 5.69 Å². The standard InChI is InChI=1S/C15H20ClN3O4/c1-15(10-20)5-2-6-18(9-15)8-14(21)17-13-4-3-11(19(22)23)7-12(13)16/h3-4,7,20H,2,5-6,8-10H2,1H3,(H,17,21). The van der Waals surface area contributed by atoms with Crippen LogP contribution >= 0.6 is 11.6 Å². The lowest BCUT2D eigenvalue weighted by Crippen LogP contribution is -2.46. The van der Waals surface area contributed by atoms with Gasteiger partial charge in [-0.2, -0.15) is 0 Å². The average molecular weight is 342 g/mol. The SMILES string of the molecule is CC1(CO)CCCN(CC(=O)Nc2ccc([N+](=O)[O-])cc2Cl)C1. The van der Waals surface area contributed by atoms with Gasteiger partial charge in [-0.1, -0.05) is 18.5 Å². The molecule has 0 bridgehead atoms. The Morgan fingerprint density at radius 1 is 1.57 bits per heavy atom. The molecule has 0 radical (unpaired) electrons. The highest BCUT2D eigenvalue weighted by atomic mass is 35.5. The molecule has 8 heteroatoms. The number of nitrogens with one attached hydrogen (secondary N) is 1. The largest absolute Gasteiger partial charge is 0.396 e. The first-order chi connectivity index (χ1) is 10.8. The number of nitro benzene ring substituents is 1. The molecule has 1 aromatic carbocycles. The van der Waals surface area contributed by atoms with Crippen molar-refractivity contribution in [3.63, 3.8) is 0 Å². The zero-order valence-corrected chi connectivity index (χ0v) is 13.7. The van der Waals surface area contributed by atoms with Gasteiger partial charge in [0.15, 0.2) is 0 Å². The van der Waals surface area contributed by atoms with Crippen molar-refractivity contribution in [1.29, 1.82) is 0 Å². The number of anilines is 1. The van der Waals surface area contributed by atoms with Crippen molar-refractivity contribution in [2.24, 2.45) is 5.41 Å². The van der Waals surface area contributed by atoms with Gasteiger partial charge in [0.1, 0.15) is 0 Å². The van der Waals surface area contributed by atoms with Crippen LogP contribution in [0.4, 0.5) is 11.4 Å². The van der Waals surface area contributed by atoms with E-state index in [9.17, 15) is 20.0 Å². The number of benzene rings is 1. The van der Waals surface area contributed by atoms with E-state index in [1.54, 1.807) is 0 Å². The number of nitro groups is 1. The number of carbonyl (C=O) groups excluding carboxylic acids is 1. The van der Waals surface area contributed by atoms with Crippen LogP contribution in [-0.4, -0.2) is 47.1 Å². The first-order valence-corrected chi connectivity index (χ1v) is 7.78. The highest BCUT2D eigenvalue weighted by molar-refractivity contribution is 6.34. The molecule has 0 spiro atoms. The molecule has 1 amide bonds. The summed E-state index contributed by atoms with van der Waals surface area (Å²) in [7, 11) is 0. The minimum Gasteiger partial charge on any atom is -0.396 e. The number of piperidine rings is 1. The molecule has 1 fully saturated rings. The molecule has 0 saturated carbocycles. The molecule has 1 atom stereocenters. The van der Waals surface area contributed by atoms with Crippen LogP contribution < -0.4 is 5.32 Å². The molecule has 1 unspecified atom stereocenters. The van der Waals surface area contributed by atoms with Crippen molar-refractivity contribution in [3.05, 3.63) is 33.3 Å². The van der Waals surface area contributed by atoms with E-state index < -0.39 is 4.92 Å². The van der Waals surface area contributed by atoms with Crippen LogP contribution in [0.15, 0.2) is 18.2 Å². The third-order valence-electron chi connectivity index (χ3n) is 4.05.